The molecule has 6 heteroatoms. The predicted octanol–water partition coefficient (Wildman–Crippen LogP) is 5.05. The molecule has 29 heavy (non-hydrogen) atoms. The van der Waals surface area contributed by atoms with Crippen LogP contribution in [0.5, 0.6) is 0 Å². The highest BCUT2D eigenvalue weighted by atomic mass is 79.9. The van der Waals surface area contributed by atoms with Crippen molar-refractivity contribution < 1.29 is 14.4 Å². The van der Waals surface area contributed by atoms with Gasteiger partial charge in [-0.2, -0.15) is 0 Å². The normalized spacial score (nSPS) is 14.3. The van der Waals surface area contributed by atoms with Crippen LogP contribution < -0.4 is 5.32 Å². The lowest BCUT2D eigenvalue weighted by atomic mass is 10.0. The minimum absolute atomic E-state index is 0.236. The van der Waals surface area contributed by atoms with Gasteiger partial charge >= 0.3 is 0 Å². The van der Waals surface area contributed by atoms with Crippen molar-refractivity contribution in [1.82, 2.24) is 4.90 Å². The Labute approximate surface area is 179 Å². The second kappa shape index (κ2) is 8.91. The Hall–Kier alpha value is -2.47. The van der Waals surface area contributed by atoms with Crippen molar-refractivity contribution in [3.63, 3.8) is 0 Å². The minimum Gasteiger partial charge on any atom is -0.323 e. The minimum atomic E-state index is -0.894. The van der Waals surface area contributed by atoms with Gasteiger partial charge in [-0.1, -0.05) is 45.4 Å². The van der Waals surface area contributed by atoms with Crippen molar-refractivity contribution in [3.8, 4) is 0 Å². The summed E-state index contributed by atoms with van der Waals surface area (Å²) in [6.45, 7) is 5.81. The first-order valence-electron chi connectivity index (χ1n) is 9.91. The molecule has 0 saturated heterocycles. The molecule has 0 radical (unpaired) electrons. The van der Waals surface area contributed by atoms with E-state index in [1.54, 1.807) is 24.3 Å². The number of hydrogen-bond donors (Lipinski definition) is 1. The molecule has 1 N–H and O–H groups in total. The van der Waals surface area contributed by atoms with Gasteiger partial charge in [0.2, 0.25) is 5.91 Å². The molecule has 3 rings (SSSR count). The van der Waals surface area contributed by atoms with Crippen LogP contribution in [-0.2, 0) is 11.2 Å². The van der Waals surface area contributed by atoms with E-state index in [1.165, 1.54) is 5.56 Å². The zero-order valence-corrected chi connectivity index (χ0v) is 18.5. The summed E-state index contributed by atoms with van der Waals surface area (Å²) < 4.78 is 0.782. The molecule has 1 atom stereocenters. The third-order valence-electron chi connectivity index (χ3n) is 5.11. The van der Waals surface area contributed by atoms with Crippen LogP contribution in [-0.4, -0.2) is 28.7 Å². The zero-order valence-electron chi connectivity index (χ0n) is 16.9. The van der Waals surface area contributed by atoms with E-state index in [1.807, 2.05) is 32.0 Å². The van der Waals surface area contributed by atoms with Gasteiger partial charge in [0.1, 0.15) is 6.04 Å². The number of nitrogens with zero attached hydrogens (tertiary/aromatic N) is 1. The van der Waals surface area contributed by atoms with E-state index in [4.69, 9.17) is 0 Å². The molecule has 0 aromatic heterocycles. The number of fused-ring (bicyclic) bond motifs is 1. The van der Waals surface area contributed by atoms with Gasteiger partial charge in [0.25, 0.3) is 11.8 Å². The Bertz CT molecular complexity index is 920. The maximum Gasteiger partial charge on any atom is 0.262 e. The van der Waals surface area contributed by atoms with Crippen molar-refractivity contribution in [3.05, 3.63) is 63.6 Å². The number of carbonyl (C=O) groups is 3. The number of nitrogens with one attached hydrogen (secondary N) is 1. The molecular formula is C23H25BrN2O3. The van der Waals surface area contributed by atoms with Crippen LogP contribution in [0.4, 0.5) is 5.69 Å². The first kappa shape index (κ1) is 21.2. The van der Waals surface area contributed by atoms with Crippen molar-refractivity contribution in [2.75, 3.05) is 5.32 Å². The maximum atomic E-state index is 13.1. The summed E-state index contributed by atoms with van der Waals surface area (Å²) >= 11 is 3.52. The number of benzene rings is 2. The molecule has 0 bridgehead atoms. The van der Waals surface area contributed by atoms with Crippen molar-refractivity contribution in [2.24, 2.45) is 5.92 Å². The third-order valence-corrected chi connectivity index (χ3v) is 5.77. The molecule has 2 aromatic rings. The number of anilines is 1. The molecule has 5 nitrogen and oxygen atoms in total. The number of carbonyl (C=O) groups excluding carboxylic acids is 3. The molecule has 0 aliphatic carbocycles. The predicted molar refractivity (Wildman–Crippen MR) is 117 cm³/mol. The van der Waals surface area contributed by atoms with Gasteiger partial charge < -0.3 is 5.32 Å². The van der Waals surface area contributed by atoms with E-state index in [9.17, 15) is 14.4 Å². The van der Waals surface area contributed by atoms with Crippen LogP contribution in [0.15, 0.2) is 46.9 Å². The van der Waals surface area contributed by atoms with Gasteiger partial charge in [-0.3, -0.25) is 19.3 Å². The molecule has 1 heterocycles. The van der Waals surface area contributed by atoms with Crippen molar-refractivity contribution in [1.29, 1.82) is 0 Å². The zero-order chi connectivity index (χ0) is 21.1. The quantitative estimate of drug-likeness (QED) is 0.592. The molecule has 1 aliphatic rings. The second-order valence-corrected chi connectivity index (χ2v) is 8.48. The molecule has 1 unspecified atom stereocenters. The average molecular weight is 457 g/mol. The number of unbranched alkanes of at least 4 members (excludes halogenated alkanes) is 1. The Morgan fingerprint density at radius 3 is 2.21 bits per heavy atom. The first-order chi connectivity index (χ1) is 13.8. The summed E-state index contributed by atoms with van der Waals surface area (Å²) in [5.41, 5.74) is 2.50. The first-order valence-corrected chi connectivity index (χ1v) is 10.7. The highest BCUT2D eigenvalue weighted by molar-refractivity contribution is 9.10. The Kier molecular flexibility index (Phi) is 6.52. The SMILES string of the molecule is CCCCc1ccc(NC(=O)C(C(C)C)N2C(=O)c3ccccc3C2=O)c(Br)c1. The molecule has 2 aromatic carbocycles. The van der Waals surface area contributed by atoms with Crippen LogP contribution in [0.1, 0.15) is 59.9 Å². The van der Waals surface area contributed by atoms with Gasteiger partial charge in [-0.25, -0.2) is 0 Å². The van der Waals surface area contributed by atoms with Crippen molar-refractivity contribution in [2.45, 2.75) is 46.1 Å². The largest absolute Gasteiger partial charge is 0.323 e. The number of halogens is 1. The lowest BCUT2D eigenvalue weighted by Gasteiger charge is -2.28. The Morgan fingerprint density at radius 1 is 1.07 bits per heavy atom. The highest BCUT2D eigenvalue weighted by Gasteiger charge is 2.43. The van der Waals surface area contributed by atoms with E-state index >= 15 is 0 Å². The van der Waals surface area contributed by atoms with E-state index in [0.29, 0.717) is 16.8 Å². The third kappa shape index (κ3) is 4.27. The number of imide groups is 1. The van der Waals surface area contributed by atoms with Gasteiger partial charge in [0.15, 0.2) is 0 Å². The number of aryl methyl sites for hydroxylation is 1. The number of hydrogen-bond acceptors (Lipinski definition) is 3. The summed E-state index contributed by atoms with van der Waals surface area (Å²) in [6, 6.07) is 11.6. The number of amides is 3. The van der Waals surface area contributed by atoms with Gasteiger partial charge in [-0.15, -0.1) is 0 Å². The van der Waals surface area contributed by atoms with Crippen LogP contribution in [0.2, 0.25) is 0 Å². The molecule has 152 valence electrons. The molecule has 1 aliphatic heterocycles. The van der Waals surface area contributed by atoms with Gasteiger partial charge in [-0.05, 0) is 64.5 Å². The summed E-state index contributed by atoms with van der Waals surface area (Å²) in [4.78, 5) is 39.9. The van der Waals surface area contributed by atoms with Crippen molar-refractivity contribution >= 4 is 39.3 Å². The fourth-order valence-corrected chi connectivity index (χ4v) is 4.11. The molecular weight excluding hydrogens is 432 g/mol. The molecule has 0 spiro atoms. The lowest BCUT2D eigenvalue weighted by Crippen LogP contribution is -2.50. The van der Waals surface area contributed by atoms with E-state index < -0.39 is 17.9 Å². The molecule has 3 amide bonds. The maximum absolute atomic E-state index is 13.1. The van der Waals surface area contributed by atoms with E-state index in [2.05, 4.69) is 28.2 Å². The van der Waals surface area contributed by atoms with Gasteiger partial charge in [0, 0.05) is 4.47 Å². The molecule has 0 fully saturated rings. The fourth-order valence-electron chi connectivity index (χ4n) is 3.58. The lowest BCUT2D eigenvalue weighted by molar-refractivity contribution is -0.121. The van der Waals surface area contributed by atoms with E-state index in [-0.39, 0.29) is 11.8 Å². The smallest absolute Gasteiger partial charge is 0.262 e. The Morgan fingerprint density at radius 2 is 1.69 bits per heavy atom. The highest BCUT2D eigenvalue weighted by Crippen LogP contribution is 2.29. The number of rotatable bonds is 7. The summed E-state index contributed by atoms with van der Waals surface area (Å²) in [6.07, 6.45) is 3.20. The fraction of sp³-hybridized carbons (Fsp3) is 0.348. The monoisotopic (exact) mass is 456 g/mol. The van der Waals surface area contributed by atoms with Crippen LogP contribution in [0.25, 0.3) is 0 Å². The second-order valence-electron chi connectivity index (χ2n) is 7.62. The summed E-state index contributed by atoms with van der Waals surface area (Å²) in [5, 5.41) is 2.89. The topological polar surface area (TPSA) is 66.5 Å². The van der Waals surface area contributed by atoms with Crippen LogP contribution in [0.3, 0.4) is 0 Å². The van der Waals surface area contributed by atoms with Gasteiger partial charge in [0.05, 0.1) is 16.8 Å². The summed E-state index contributed by atoms with van der Waals surface area (Å²) in [5.74, 6) is -1.46. The average Bonchev–Trinajstić information content (AvgIpc) is 2.94. The summed E-state index contributed by atoms with van der Waals surface area (Å²) in [7, 11) is 0. The standard InChI is InChI=1S/C23H25BrN2O3/c1-4-5-8-15-11-12-19(18(24)13-15)25-21(27)20(14(2)3)26-22(28)16-9-6-7-10-17(16)23(26)29/h6-7,9-14,20H,4-5,8H2,1-3H3,(H,25,27). The van der Waals surface area contributed by atoms with Crippen LogP contribution >= 0.6 is 15.9 Å². The van der Waals surface area contributed by atoms with Crippen LogP contribution in [0, 0.1) is 5.92 Å². The van der Waals surface area contributed by atoms with E-state index in [0.717, 1.165) is 28.6 Å². The molecule has 0 saturated carbocycles. The Balaban J connectivity index is 1.83.